The summed E-state index contributed by atoms with van der Waals surface area (Å²) in [5, 5.41) is 0. The minimum atomic E-state index is -1.33. The van der Waals surface area contributed by atoms with E-state index in [4.69, 9.17) is 4.74 Å². The van der Waals surface area contributed by atoms with Crippen molar-refractivity contribution in [2.24, 2.45) is 0 Å². The van der Waals surface area contributed by atoms with Crippen LogP contribution in [0.3, 0.4) is 0 Å². The minimum Gasteiger partial charge on any atom is -0.494 e. The van der Waals surface area contributed by atoms with E-state index in [0.717, 1.165) is 27.5 Å². The number of benzene rings is 2. The summed E-state index contributed by atoms with van der Waals surface area (Å²) in [7, 11) is 0.288. The standard InChI is InChI=1S/C18H19N3O2S/c1-13-6-4-5-7-18(13)24(22)20-15-8-9-16(17(10-15)23-3)21-11-14(2)19-12-21/h4-12,20H,1-3H3. The summed E-state index contributed by atoms with van der Waals surface area (Å²) in [6.07, 6.45) is 3.67. The maximum Gasteiger partial charge on any atom is 0.150 e. The Kier molecular flexibility index (Phi) is 4.66. The zero-order valence-electron chi connectivity index (χ0n) is 13.8. The van der Waals surface area contributed by atoms with Crippen LogP contribution in [0, 0.1) is 13.8 Å². The van der Waals surface area contributed by atoms with Gasteiger partial charge in [0.25, 0.3) is 0 Å². The zero-order chi connectivity index (χ0) is 17.1. The Labute approximate surface area is 143 Å². The third-order valence-corrected chi connectivity index (χ3v) is 4.95. The molecule has 5 nitrogen and oxygen atoms in total. The Hall–Kier alpha value is -2.60. The summed E-state index contributed by atoms with van der Waals surface area (Å²) < 4.78 is 22.9. The second-order valence-corrected chi connectivity index (χ2v) is 6.63. The molecule has 0 aliphatic rings. The molecule has 1 N–H and O–H groups in total. The van der Waals surface area contributed by atoms with E-state index < -0.39 is 11.0 Å². The first kappa shape index (κ1) is 16.3. The molecule has 2 aromatic carbocycles. The van der Waals surface area contributed by atoms with E-state index >= 15 is 0 Å². The summed E-state index contributed by atoms with van der Waals surface area (Å²) in [5.41, 5.74) is 3.53. The lowest BCUT2D eigenvalue weighted by Crippen LogP contribution is -2.07. The van der Waals surface area contributed by atoms with E-state index in [1.165, 1.54) is 0 Å². The average molecular weight is 341 g/mol. The van der Waals surface area contributed by atoms with Crippen LogP contribution in [-0.2, 0) is 11.0 Å². The van der Waals surface area contributed by atoms with Gasteiger partial charge in [0.2, 0.25) is 0 Å². The molecule has 1 unspecified atom stereocenters. The second kappa shape index (κ2) is 6.88. The van der Waals surface area contributed by atoms with E-state index in [1.807, 2.05) is 67.1 Å². The number of aryl methyl sites for hydroxylation is 2. The molecule has 0 fully saturated rings. The van der Waals surface area contributed by atoms with Crippen molar-refractivity contribution in [3.63, 3.8) is 0 Å². The van der Waals surface area contributed by atoms with Crippen molar-refractivity contribution in [3.05, 3.63) is 66.2 Å². The largest absolute Gasteiger partial charge is 0.494 e. The molecule has 3 rings (SSSR count). The molecule has 0 saturated carbocycles. The van der Waals surface area contributed by atoms with Gasteiger partial charge in [0, 0.05) is 12.3 Å². The molecule has 0 bridgehead atoms. The molecule has 24 heavy (non-hydrogen) atoms. The third kappa shape index (κ3) is 3.33. The van der Waals surface area contributed by atoms with Gasteiger partial charge in [0.05, 0.1) is 35.4 Å². The van der Waals surface area contributed by atoms with Gasteiger partial charge < -0.3 is 14.0 Å². The summed E-state index contributed by atoms with van der Waals surface area (Å²) in [5.74, 6) is 0.680. The van der Waals surface area contributed by atoms with Crippen LogP contribution in [0.5, 0.6) is 5.75 Å². The van der Waals surface area contributed by atoms with E-state index in [0.29, 0.717) is 5.75 Å². The topological polar surface area (TPSA) is 56.1 Å². The van der Waals surface area contributed by atoms with Crippen molar-refractivity contribution in [1.82, 2.24) is 9.55 Å². The molecule has 0 spiro atoms. The van der Waals surface area contributed by atoms with Gasteiger partial charge in [-0.15, -0.1) is 0 Å². The Balaban J connectivity index is 1.87. The quantitative estimate of drug-likeness (QED) is 0.771. The lowest BCUT2D eigenvalue weighted by atomic mass is 10.2. The predicted molar refractivity (Wildman–Crippen MR) is 96.1 cm³/mol. The summed E-state index contributed by atoms with van der Waals surface area (Å²) >= 11 is 0. The van der Waals surface area contributed by atoms with Crippen molar-refractivity contribution >= 4 is 16.7 Å². The predicted octanol–water partition coefficient (Wildman–Crippen LogP) is 3.63. The van der Waals surface area contributed by atoms with Crippen molar-refractivity contribution in [2.75, 3.05) is 11.8 Å². The first-order chi connectivity index (χ1) is 11.6. The Morgan fingerprint density at radius 2 is 1.96 bits per heavy atom. The molecule has 0 radical (unpaired) electrons. The van der Waals surface area contributed by atoms with Crippen molar-refractivity contribution in [2.45, 2.75) is 18.7 Å². The van der Waals surface area contributed by atoms with Crippen LogP contribution in [0.2, 0.25) is 0 Å². The van der Waals surface area contributed by atoms with Crippen molar-refractivity contribution < 1.29 is 8.95 Å². The van der Waals surface area contributed by atoms with Gasteiger partial charge in [-0.1, -0.05) is 18.2 Å². The van der Waals surface area contributed by atoms with Gasteiger partial charge >= 0.3 is 0 Å². The number of imidazole rings is 1. The monoisotopic (exact) mass is 341 g/mol. The fourth-order valence-electron chi connectivity index (χ4n) is 2.43. The summed E-state index contributed by atoms with van der Waals surface area (Å²) in [6.45, 7) is 3.88. The second-order valence-electron chi connectivity index (χ2n) is 5.45. The van der Waals surface area contributed by atoms with Crippen LogP contribution in [-0.4, -0.2) is 20.9 Å². The Bertz CT molecular complexity index is 889. The fraction of sp³-hybridized carbons (Fsp3) is 0.167. The molecular formula is C18H19N3O2S. The molecule has 3 aromatic rings. The summed E-state index contributed by atoms with van der Waals surface area (Å²) in [4.78, 5) is 5.00. The first-order valence-electron chi connectivity index (χ1n) is 7.51. The van der Waals surface area contributed by atoms with Gasteiger partial charge in [-0.05, 0) is 37.6 Å². The highest BCUT2D eigenvalue weighted by Crippen LogP contribution is 2.27. The van der Waals surface area contributed by atoms with Gasteiger partial charge in [0.15, 0.2) is 11.0 Å². The molecule has 124 valence electrons. The number of nitrogens with zero attached hydrogens (tertiary/aromatic N) is 2. The molecule has 1 heterocycles. The number of methoxy groups -OCH3 is 1. The molecule has 0 aliphatic carbocycles. The molecule has 0 saturated heterocycles. The van der Waals surface area contributed by atoms with Gasteiger partial charge in [-0.2, -0.15) is 0 Å². The Morgan fingerprint density at radius 1 is 1.17 bits per heavy atom. The van der Waals surface area contributed by atoms with Crippen LogP contribution in [0.4, 0.5) is 5.69 Å². The molecule has 1 atom stereocenters. The van der Waals surface area contributed by atoms with Crippen LogP contribution >= 0.6 is 0 Å². The van der Waals surface area contributed by atoms with E-state index in [2.05, 4.69) is 9.71 Å². The molecule has 0 amide bonds. The maximum absolute atomic E-state index is 12.5. The fourth-order valence-corrected chi connectivity index (χ4v) is 3.45. The van der Waals surface area contributed by atoms with Gasteiger partial charge in [-0.3, -0.25) is 0 Å². The van der Waals surface area contributed by atoms with Gasteiger partial charge in [0.1, 0.15) is 5.75 Å². The summed E-state index contributed by atoms with van der Waals surface area (Å²) in [6, 6.07) is 13.2. The lowest BCUT2D eigenvalue weighted by Gasteiger charge is -2.13. The highest BCUT2D eigenvalue weighted by molar-refractivity contribution is 7.86. The van der Waals surface area contributed by atoms with Crippen molar-refractivity contribution in [3.8, 4) is 11.4 Å². The van der Waals surface area contributed by atoms with Crippen LogP contribution < -0.4 is 9.46 Å². The number of anilines is 1. The van der Waals surface area contributed by atoms with E-state index in [-0.39, 0.29) is 0 Å². The Morgan fingerprint density at radius 3 is 2.62 bits per heavy atom. The maximum atomic E-state index is 12.5. The van der Waals surface area contributed by atoms with Crippen LogP contribution in [0.1, 0.15) is 11.3 Å². The number of rotatable bonds is 5. The third-order valence-electron chi connectivity index (χ3n) is 3.67. The lowest BCUT2D eigenvalue weighted by molar-refractivity contribution is 0.413. The zero-order valence-corrected chi connectivity index (χ0v) is 14.6. The molecule has 1 aromatic heterocycles. The number of hydrogen-bond acceptors (Lipinski definition) is 3. The van der Waals surface area contributed by atoms with E-state index in [9.17, 15) is 4.21 Å². The highest BCUT2D eigenvalue weighted by Gasteiger charge is 2.10. The van der Waals surface area contributed by atoms with Crippen molar-refractivity contribution in [1.29, 1.82) is 0 Å². The number of nitrogens with one attached hydrogen (secondary N) is 1. The molecule has 6 heteroatoms. The number of aromatic nitrogens is 2. The smallest absolute Gasteiger partial charge is 0.150 e. The molecule has 0 aliphatic heterocycles. The highest BCUT2D eigenvalue weighted by atomic mass is 32.2. The van der Waals surface area contributed by atoms with E-state index in [1.54, 1.807) is 13.4 Å². The average Bonchev–Trinajstić information content (AvgIpc) is 3.01. The van der Waals surface area contributed by atoms with Gasteiger partial charge in [-0.25, -0.2) is 9.19 Å². The SMILES string of the molecule is COc1cc(NS(=O)c2ccccc2C)ccc1-n1cnc(C)c1. The first-order valence-corrected chi connectivity index (χ1v) is 8.66. The minimum absolute atomic E-state index is 0.680. The number of ether oxygens (including phenoxy) is 1. The van der Waals surface area contributed by atoms with Crippen LogP contribution in [0.25, 0.3) is 5.69 Å². The van der Waals surface area contributed by atoms with Crippen LogP contribution in [0.15, 0.2) is 59.9 Å². The molecular weight excluding hydrogens is 322 g/mol. The normalized spacial score (nSPS) is 12.0. The number of hydrogen-bond donors (Lipinski definition) is 1.